The summed E-state index contributed by atoms with van der Waals surface area (Å²) in [6.45, 7) is 0. The second-order valence-electron chi connectivity index (χ2n) is 11.6. The molecular weight excluding hydrogens is 574 g/mol. The number of hydrogen-bond acceptors (Lipinski definition) is 4. The van der Waals surface area contributed by atoms with Crippen LogP contribution in [0.25, 0.3) is 89.1 Å². The molecule has 2 heterocycles. The van der Waals surface area contributed by atoms with E-state index in [1.165, 1.54) is 11.1 Å². The zero-order chi connectivity index (χ0) is 31.2. The molecule has 7 aromatic carbocycles. The predicted octanol–water partition coefficient (Wildman–Crippen LogP) is 11.3. The summed E-state index contributed by atoms with van der Waals surface area (Å²) in [6, 6.07) is 56.3. The number of rotatable bonds is 5. The number of para-hydroxylation sites is 1. The molecule has 9 rings (SSSR count). The Morgan fingerprint density at radius 2 is 0.915 bits per heavy atom. The van der Waals surface area contributed by atoms with Crippen LogP contribution in [0.15, 0.2) is 168 Å². The molecule has 4 nitrogen and oxygen atoms in total. The molecule has 0 aliphatic heterocycles. The van der Waals surface area contributed by atoms with Crippen LogP contribution in [0.1, 0.15) is 0 Å². The SMILES string of the molecule is c1ccc(-c2ccc3cc(-c4nc(-c5ccccc5)nc(-c5c(-c6ccccc6)ccc6oc7ccccc7c56)n4)ccc3c2)cc1. The first-order valence-corrected chi connectivity index (χ1v) is 15.7. The van der Waals surface area contributed by atoms with Crippen molar-refractivity contribution in [3.8, 4) is 56.4 Å². The normalized spacial score (nSPS) is 11.4. The highest BCUT2D eigenvalue weighted by molar-refractivity contribution is 6.15. The fraction of sp³-hybridized carbons (Fsp3) is 0. The van der Waals surface area contributed by atoms with E-state index in [1.54, 1.807) is 0 Å². The topological polar surface area (TPSA) is 51.8 Å². The van der Waals surface area contributed by atoms with Crippen molar-refractivity contribution in [2.24, 2.45) is 0 Å². The summed E-state index contributed by atoms with van der Waals surface area (Å²) in [7, 11) is 0. The minimum absolute atomic E-state index is 0.601. The molecule has 0 N–H and O–H groups in total. The molecule has 0 aliphatic rings. The smallest absolute Gasteiger partial charge is 0.165 e. The summed E-state index contributed by atoms with van der Waals surface area (Å²) in [5.41, 5.74) is 8.91. The highest BCUT2D eigenvalue weighted by Crippen LogP contribution is 2.42. The lowest BCUT2D eigenvalue weighted by atomic mass is 9.94. The molecule has 0 atom stereocenters. The maximum atomic E-state index is 6.35. The standard InChI is InChI=1S/C43H27N3O/c1-4-12-28(13-5-1)31-20-21-33-27-34(23-22-32(33)26-31)42-44-41(30-16-8-3-9-17-30)45-43(46-42)40-35(29-14-6-2-7-15-29)24-25-38-39(40)36-18-10-11-19-37(36)47-38/h1-27H. The van der Waals surface area contributed by atoms with Crippen molar-refractivity contribution in [1.82, 2.24) is 15.0 Å². The summed E-state index contributed by atoms with van der Waals surface area (Å²) < 4.78 is 6.35. The molecule has 0 fully saturated rings. The van der Waals surface area contributed by atoms with Crippen molar-refractivity contribution < 1.29 is 4.42 Å². The Labute approximate surface area is 271 Å². The van der Waals surface area contributed by atoms with Gasteiger partial charge in [-0.1, -0.05) is 133 Å². The van der Waals surface area contributed by atoms with Crippen LogP contribution in [0.5, 0.6) is 0 Å². The molecule has 0 saturated carbocycles. The summed E-state index contributed by atoms with van der Waals surface area (Å²) in [5, 5.41) is 4.30. The molecule has 0 unspecified atom stereocenters. The van der Waals surface area contributed by atoms with Crippen molar-refractivity contribution in [1.29, 1.82) is 0 Å². The van der Waals surface area contributed by atoms with Crippen molar-refractivity contribution in [3.63, 3.8) is 0 Å². The fourth-order valence-electron chi connectivity index (χ4n) is 6.44. The van der Waals surface area contributed by atoms with Gasteiger partial charge in [0.15, 0.2) is 17.5 Å². The van der Waals surface area contributed by atoms with E-state index >= 15 is 0 Å². The Hall–Kier alpha value is -6.39. The molecule has 47 heavy (non-hydrogen) atoms. The molecule has 4 heteroatoms. The Kier molecular flexibility index (Phi) is 6.43. The van der Waals surface area contributed by atoms with Crippen LogP contribution in [0.2, 0.25) is 0 Å². The van der Waals surface area contributed by atoms with Crippen LogP contribution in [-0.2, 0) is 0 Å². The van der Waals surface area contributed by atoms with Gasteiger partial charge in [0.2, 0.25) is 0 Å². The van der Waals surface area contributed by atoms with Gasteiger partial charge in [0.05, 0.1) is 0 Å². The van der Waals surface area contributed by atoms with Crippen molar-refractivity contribution in [2.45, 2.75) is 0 Å². The molecule has 220 valence electrons. The molecule has 2 aromatic heterocycles. The third-order valence-electron chi connectivity index (χ3n) is 8.72. The van der Waals surface area contributed by atoms with Crippen molar-refractivity contribution in [3.05, 3.63) is 164 Å². The second-order valence-corrected chi connectivity index (χ2v) is 11.6. The minimum atomic E-state index is 0.601. The van der Waals surface area contributed by atoms with E-state index in [-0.39, 0.29) is 0 Å². The molecule has 0 bridgehead atoms. The lowest BCUT2D eigenvalue weighted by Crippen LogP contribution is -2.01. The van der Waals surface area contributed by atoms with Gasteiger partial charge >= 0.3 is 0 Å². The van der Waals surface area contributed by atoms with Gasteiger partial charge in [0, 0.05) is 27.5 Å². The van der Waals surface area contributed by atoms with E-state index in [1.807, 2.05) is 60.7 Å². The molecular formula is C43H27N3O. The quantitative estimate of drug-likeness (QED) is 0.197. The van der Waals surface area contributed by atoms with Gasteiger partial charge in [-0.25, -0.2) is 15.0 Å². The lowest BCUT2D eigenvalue weighted by Gasteiger charge is -2.14. The van der Waals surface area contributed by atoms with Crippen LogP contribution in [-0.4, -0.2) is 15.0 Å². The Morgan fingerprint density at radius 3 is 1.64 bits per heavy atom. The maximum Gasteiger partial charge on any atom is 0.165 e. The average Bonchev–Trinajstić information content (AvgIpc) is 3.54. The van der Waals surface area contributed by atoms with Crippen LogP contribution in [0.3, 0.4) is 0 Å². The van der Waals surface area contributed by atoms with Crippen LogP contribution in [0, 0.1) is 0 Å². The highest BCUT2D eigenvalue weighted by atomic mass is 16.3. The first-order chi connectivity index (χ1) is 23.3. The number of fused-ring (bicyclic) bond motifs is 4. The molecule has 9 aromatic rings. The molecule has 0 amide bonds. The number of benzene rings is 7. The highest BCUT2D eigenvalue weighted by Gasteiger charge is 2.22. The van der Waals surface area contributed by atoms with Gasteiger partial charge in [0.1, 0.15) is 11.2 Å². The Bertz CT molecular complexity index is 2560. The summed E-state index contributed by atoms with van der Waals surface area (Å²) in [5.74, 6) is 1.84. The zero-order valence-corrected chi connectivity index (χ0v) is 25.3. The largest absolute Gasteiger partial charge is 0.456 e. The van der Waals surface area contributed by atoms with Crippen LogP contribution < -0.4 is 0 Å². The lowest BCUT2D eigenvalue weighted by molar-refractivity contribution is 0.669. The predicted molar refractivity (Wildman–Crippen MR) is 192 cm³/mol. The van der Waals surface area contributed by atoms with E-state index in [0.29, 0.717) is 17.5 Å². The third-order valence-corrected chi connectivity index (χ3v) is 8.72. The monoisotopic (exact) mass is 601 g/mol. The first kappa shape index (κ1) is 27.0. The third kappa shape index (κ3) is 4.84. The Morgan fingerprint density at radius 1 is 0.362 bits per heavy atom. The van der Waals surface area contributed by atoms with Crippen molar-refractivity contribution in [2.75, 3.05) is 0 Å². The summed E-state index contributed by atoms with van der Waals surface area (Å²) >= 11 is 0. The Balaban J connectivity index is 1.29. The second kappa shape index (κ2) is 11.2. The summed E-state index contributed by atoms with van der Waals surface area (Å²) in [4.78, 5) is 15.5. The number of hydrogen-bond donors (Lipinski definition) is 0. The van der Waals surface area contributed by atoms with Gasteiger partial charge in [-0.15, -0.1) is 0 Å². The van der Waals surface area contributed by atoms with Gasteiger partial charge in [-0.2, -0.15) is 0 Å². The van der Waals surface area contributed by atoms with E-state index in [2.05, 4.69) is 103 Å². The zero-order valence-electron chi connectivity index (χ0n) is 25.3. The number of aromatic nitrogens is 3. The molecule has 0 spiro atoms. The molecule has 0 radical (unpaired) electrons. The van der Waals surface area contributed by atoms with Gasteiger partial charge in [-0.3, -0.25) is 0 Å². The van der Waals surface area contributed by atoms with Gasteiger partial charge < -0.3 is 4.42 Å². The van der Waals surface area contributed by atoms with Gasteiger partial charge in [-0.05, 0) is 63.4 Å². The van der Waals surface area contributed by atoms with E-state index in [9.17, 15) is 0 Å². The van der Waals surface area contributed by atoms with Crippen LogP contribution >= 0.6 is 0 Å². The van der Waals surface area contributed by atoms with Gasteiger partial charge in [0.25, 0.3) is 0 Å². The molecule has 0 aliphatic carbocycles. The molecule has 0 saturated heterocycles. The maximum absolute atomic E-state index is 6.35. The fourth-order valence-corrected chi connectivity index (χ4v) is 6.44. The van der Waals surface area contributed by atoms with E-state index in [0.717, 1.165) is 60.5 Å². The van der Waals surface area contributed by atoms with Crippen LogP contribution in [0.4, 0.5) is 0 Å². The van der Waals surface area contributed by atoms with Crippen molar-refractivity contribution >= 4 is 32.7 Å². The van der Waals surface area contributed by atoms with E-state index < -0.39 is 0 Å². The summed E-state index contributed by atoms with van der Waals surface area (Å²) in [6.07, 6.45) is 0. The number of furan rings is 1. The minimum Gasteiger partial charge on any atom is -0.456 e. The van der Waals surface area contributed by atoms with E-state index in [4.69, 9.17) is 19.4 Å². The first-order valence-electron chi connectivity index (χ1n) is 15.7. The number of nitrogens with zero attached hydrogens (tertiary/aromatic N) is 3. The average molecular weight is 602 g/mol.